The van der Waals surface area contributed by atoms with E-state index >= 15 is 0 Å². The van der Waals surface area contributed by atoms with Crippen LogP contribution >= 0.6 is 0 Å². The summed E-state index contributed by atoms with van der Waals surface area (Å²) in [5, 5.41) is 2.92. The van der Waals surface area contributed by atoms with Crippen molar-refractivity contribution in [3.8, 4) is 11.5 Å². The number of rotatable bonds is 9. The third kappa shape index (κ3) is 5.41. The molecule has 8 heteroatoms. The van der Waals surface area contributed by atoms with E-state index in [9.17, 15) is 13.2 Å². The van der Waals surface area contributed by atoms with Gasteiger partial charge in [-0.1, -0.05) is 31.2 Å². The summed E-state index contributed by atoms with van der Waals surface area (Å²) in [6, 6.07) is 12.8. The predicted octanol–water partition coefficient (Wildman–Crippen LogP) is 3.13. The predicted molar refractivity (Wildman–Crippen MR) is 114 cm³/mol. The van der Waals surface area contributed by atoms with E-state index in [1.807, 2.05) is 13.0 Å². The molecule has 0 heterocycles. The first-order chi connectivity index (χ1) is 13.7. The number of carbonyl (C=O) groups is 1. The molecule has 0 radical (unpaired) electrons. The van der Waals surface area contributed by atoms with Gasteiger partial charge in [0.15, 0.2) is 11.5 Å². The molecule has 2 aromatic carbocycles. The number of anilines is 1. The molecule has 0 aliphatic carbocycles. The Morgan fingerprint density at radius 1 is 1.07 bits per heavy atom. The molecular weight excluding hydrogens is 392 g/mol. The average molecular weight is 421 g/mol. The molecule has 158 valence electrons. The summed E-state index contributed by atoms with van der Waals surface area (Å²) in [6.07, 6.45) is 1.43. The van der Waals surface area contributed by atoms with Crippen LogP contribution in [0.1, 0.15) is 31.9 Å². The summed E-state index contributed by atoms with van der Waals surface area (Å²) < 4.78 is 36.7. The molecule has 1 N–H and O–H groups in total. The van der Waals surface area contributed by atoms with Crippen LogP contribution in [0.4, 0.5) is 5.69 Å². The SMILES string of the molecule is CC[C@@H](C(=O)N[C@@H](C)c1ccc(OC)c(OC)c1)N(c1ccccc1)S(C)(=O)=O. The van der Waals surface area contributed by atoms with Gasteiger partial charge in [0.1, 0.15) is 6.04 Å². The van der Waals surface area contributed by atoms with Crippen LogP contribution in [0, 0.1) is 0 Å². The molecule has 0 bridgehead atoms. The van der Waals surface area contributed by atoms with E-state index in [2.05, 4.69) is 5.32 Å². The Kier molecular flexibility index (Phi) is 7.50. The van der Waals surface area contributed by atoms with Crippen LogP contribution in [0.2, 0.25) is 0 Å². The second-order valence-corrected chi connectivity index (χ2v) is 8.52. The highest BCUT2D eigenvalue weighted by Gasteiger charge is 2.32. The van der Waals surface area contributed by atoms with E-state index < -0.39 is 16.1 Å². The summed E-state index contributed by atoms with van der Waals surface area (Å²) in [4.78, 5) is 13.0. The van der Waals surface area contributed by atoms with Gasteiger partial charge >= 0.3 is 0 Å². The standard InChI is InChI=1S/C21H28N2O5S/c1-6-18(23(29(5,25)26)17-10-8-7-9-11-17)21(24)22-15(2)16-12-13-19(27-3)20(14-16)28-4/h7-15,18H,6H2,1-5H3,(H,22,24)/t15-,18-/m0/s1. The van der Waals surface area contributed by atoms with Crippen molar-refractivity contribution in [2.45, 2.75) is 32.4 Å². The first-order valence-corrected chi connectivity index (χ1v) is 11.1. The molecule has 0 spiro atoms. The van der Waals surface area contributed by atoms with Crippen LogP contribution in [0.3, 0.4) is 0 Å². The molecule has 0 saturated heterocycles. The topological polar surface area (TPSA) is 84.9 Å². The van der Waals surface area contributed by atoms with E-state index in [1.54, 1.807) is 63.6 Å². The lowest BCUT2D eigenvalue weighted by molar-refractivity contribution is -0.122. The summed E-state index contributed by atoms with van der Waals surface area (Å²) in [5.74, 6) is 0.776. The number of nitrogens with one attached hydrogen (secondary N) is 1. The lowest BCUT2D eigenvalue weighted by Crippen LogP contribution is -2.49. The number of benzene rings is 2. The van der Waals surface area contributed by atoms with E-state index in [-0.39, 0.29) is 11.9 Å². The van der Waals surface area contributed by atoms with Crippen molar-refractivity contribution in [3.05, 3.63) is 54.1 Å². The van der Waals surface area contributed by atoms with Crippen molar-refractivity contribution in [1.82, 2.24) is 5.32 Å². The van der Waals surface area contributed by atoms with Crippen molar-refractivity contribution in [2.75, 3.05) is 24.8 Å². The molecule has 2 atom stereocenters. The van der Waals surface area contributed by atoms with E-state index in [0.717, 1.165) is 11.8 Å². The number of para-hydroxylation sites is 1. The van der Waals surface area contributed by atoms with Gasteiger partial charge < -0.3 is 14.8 Å². The zero-order valence-corrected chi connectivity index (χ0v) is 18.2. The third-order valence-electron chi connectivity index (χ3n) is 4.61. The van der Waals surface area contributed by atoms with Gasteiger partial charge in [0.05, 0.1) is 32.2 Å². The molecule has 29 heavy (non-hydrogen) atoms. The number of hydrogen-bond donors (Lipinski definition) is 1. The molecule has 2 aromatic rings. The van der Waals surface area contributed by atoms with E-state index in [1.165, 1.54) is 4.31 Å². The monoisotopic (exact) mass is 420 g/mol. The third-order valence-corrected chi connectivity index (χ3v) is 5.79. The normalized spacial score (nSPS) is 13.3. The first-order valence-electron chi connectivity index (χ1n) is 9.29. The highest BCUT2D eigenvalue weighted by atomic mass is 32.2. The van der Waals surface area contributed by atoms with Crippen LogP contribution in [-0.4, -0.2) is 40.8 Å². The summed E-state index contributed by atoms with van der Waals surface area (Å²) in [5.41, 5.74) is 1.27. The van der Waals surface area contributed by atoms with Gasteiger partial charge in [-0.25, -0.2) is 8.42 Å². The highest BCUT2D eigenvalue weighted by molar-refractivity contribution is 7.92. The molecule has 1 amide bonds. The molecule has 0 saturated carbocycles. The van der Waals surface area contributed by atoms with Gasteiger partial charge in [-0.05, 0) is 43.2 Å². The smallest absolute Gasteiger partial charge is 0.244 e. The Bertz CT molecular complexity index is 931. The number of carbonyl (C=O) groups excluding carboxylic acids is 1. The molecule has 0 aliphatic rings. The van der Waals surface area contributed by atoms with Crippen LogP contribution < -0.4 is 19.1 Å². The van der Waals surface area contributed by atoms with Gasteiger partial charge in [0, 0.05) is 0 Å². The van der Waals surface area contributed by atoms with Crippen LogP contribution in [0.15, 0.2) is 48.5 Å². The van der Waals surface area contributed by atoms with Crippen molar-refractivity contribution in [2.24, 2.45) is 0 Å². The van der Waals surface area contributed by atoms with Crippen molar-refractivity contribution < 1.29 is 22.7 Å². The fourth-order valence-electron chi connectivity index (χ4n) is 3.15. The first kappa shape index (κ1) is 22.5. The molecular formula is C21H28N2O5S. The Labute approximate surface area is 172 Å². The van der Waals surface area contributed by atoms with Crippen LogP contribution in [0.5, 0.6) is 11.5 Å². The zero-order valence-electron chi connectivity index (χ0n) is 17.4. The van der Waals surface area contributed by atoms with Gasteiger partial charge in [-0.2, -0.15) is 0 Å². The maximum atomic E-state index is 13.0. The van der Waals surface area contributed by atoms with Crippen molar-refractivity contribution in [3.63, 3.8) is 0 Å². The van der Waals surface area contributed by atoms with Crippen LogP contribution in [-0.2, 0) is 14.8 Å². The quantitative estimate of drug-likeness (QED) is 0.674. The molecule has 7 nitrogen and oxygen atoms in total. The fraction of sp³-hybridized carbons (Fsp3) is 0.381. The fourth-order valence-corrected chi connectivity index (χ4v) is 4.36. The average Bonchev–Trinajstić information content (AvgIpc) is 2.70. The molecule has 0 fully saturated rings. The summed E-state index contributed by atoms with van der Waals surface area (Å²) in [7, 11) is -0.561. The number of methoxy groups -OCH3 is 2. The second-order valence-electron chi connectivity index (χ2n) is 6.66. The molecule has 0 unspecified atom stereocenters. The highest BCUT2D eigenvalue weighted by Crippen LogP contribution is 2.30. The number of nitrogens with zero attached hydrogens (tertiary/aromatic N) is 1. The second kappa shape index (κ2) is 9.65. The summed E-state index contributed by atoms with van der Waals surface area (Å²) in [6.45, 7) is 3.62. The summed E-state index contributed by atoms with van der Waals surface area (Å²) >= 11 is 0. The Hall–Kier alpha value is -2.74. The minimum Gasteiger partial charge on any atom is -0.493 e. The minimum atomic E-state index is -3.66. The lowest BCUT2D eigenvalue weighted by atomic mass is 10.1. The largest absolute Gasteiger partial charge is 0.493 e. The number of ether oxygens (including phenoxy) is 2. The van der Waals surface area contributed by atoms with Crippen molar-refractivity contribution >= 4 is 21.6 Å². The molecule has 0 aromatic heterocycles. The molecule has 2 rings (SSSR count). The van der Waals surface area contributed by atoms with Crippen molar-refractivity contribution in [1.29, 1.82) is 0 Å². The minimum absolute atomic E-state index is 0.326. The molecule has 0 aliphatic heterocycles. The number of amides is 1. The Morgan fingerprint density at radius 2 is 1.69 bits per heavy atom. The van der Waals surface area contributed by atoms with E-state index in [4.69, 9.17) is 9.47 Å². The maximum Gasteiger partial charge on any atom is 0.244 e. The Morgan fingerprint density at radius 3 is 2.21 bits per heavy atom. The number of hydrogen-bond acceptors (Lipinski definition) is 5. The van der Waals surface area contributed by atoms with Gasteiger partial charge in [0.25, 0.3) is 0 Å². The van der Waals surface area contributed by atoms with Gasteiger partial charge in [-0.3, -0.25) is 9.10 Å². The van der Waals surface area contributed by atoms with E-state index in [0.29, 0.717) is 23.6 Å². The Balaban J connectivity index is 2.28. The zero-order chi connectivity index (χ0) is 21.6. The lowest BCUT2D eigenvalue weighted by Gasteiger charge is -2.31. The van der Waals surface area contributed by atoms with Gasteiger partial charge in [0.2, 0.25) is 15.9 Å². The van der Waals surface area contributed by atoms with Crippen LogP contribution in [0.25, 0.3) is 0 Å². The van der Waals surface area contributed by atoms with Gasteiger partial charge in [-0.15, -0.1) is 0 Å². The maximum absolute atomic E-state index is 13.0. The number of sulfonamides is 1.